The van der Waals surface area contributed by atoms with Crippen molar-refractivity contribution < 1.29 is 9.59 Å². The van der Waals surface area contributed by atoms with E-state index in [4.69, 9.17) is 0 Å². The zero-order valence-electron chi connectivity index (χ0n) is 14.3. The van der Waals surface area contributed by atoms with Crippen LogP contribution < -0.4 is 15.5 Å². The fourth-order valence-corrected chi connectivity index (χ4v) is 2.42. The summed E-state index contributed by atoms with van der Waals surface area (Å²) >= 11 is 0. The lowest BCUT2D eigenvalue weighted by Crippen LogP contribution is -2.33. The van der Waals surface area contributed by atoms with E-state index < -0.39 is 0 Å². The van der Waals surface area contributed by atoms with Gasteiger partial charge in [0.25, 0.3) is 0 Å². The Labute approximate surface area is 142 Å². The van der Waals surface area contributed by atoms with Crippen LogP contribution in [0.2, 0.25) is 0 Å². The molecule has 0 radical (unpaired) electrons. The molecule has 0 aliphatic rings. The van der Waals surface area contributed by atoms with Crippen molar-refractivity contribution in [3.05, 3.63) is 54.1 Å². The van der Waals surface area contributed by atoms with Gasteiger partial charge < -0.3 is 15.5 Å². The standard InChI is InChI=1S/C19H23N3O2/c1-4-22(18-7-5-6-14(2)12-18)13-19(24)21-17-10-8-16(9-11-17)20-15(3)23/h5-12H,4,13H2,1-3H3,(H,20,23)(H,21,24). The zero-order valence-corrected chi connectivity index (χ0v) is 14.3. The number of hydrogen-bond donors (Lipinski definition) is 2. The van der Waals surface area contributed by atoms with Crippen molar-refractivity contribution in [2.75, 3.05) is 28.6 Å². The molecule has 0 bridgehead atoms. The number of rotatable bonds is 6. The Hall–Kier alpha value is -2.82. The summed E-state index contributed by atoms with van der Waals surface area (Å²) in [7, 11) is 0. The van der Waals surface area contributed by atoms with Crippen LogP contribution in [0.25, 0.3) is 0 Å². The highest BCUT2D eigenvalue weighted by atomic mass is 16.2. The van der Waals surface area contributed by atoms with Gasteiger partial charge in [-0.1, -0.05) is 12.1 Å². The van der Waals surface area contributed by atoms with E-state index in [0.717, 1.165) is 12.2 Å². The average molecular weight is 325 g/mol. The lowest BCUT2D eigenvalue weighted by Gasteiger charge is -2.23. The second kappa shape index (κ2) is 8.15. The molecule has 5 heteroatoms. The van der Waals surface area contributed by atoms with Crippen molar-refractivity contribution in [3.8, 4) is 0 Å². The first kappa shape index (κ1) is 17.5. The first-order chi connectivity index (χ1) is 11.5. The molecule has 0 spiro atoms. The molecule has 0 aliphatic carbocycles. The van der Waals surface area contributed by atoms with E-state index in [1.165, 1.54) is 12.5 Å². The predicted molar refractivity (Wildman–Crippen MR) is 98.4 cm³/mol. The Balaban J connectivity index is 1.97. The van der Waals surface area contributed by atoms with Gasteiger partial charge in [0, 0.05) is 30.5 Å². The fraction of sp³-hybridized carbons (Fsp3) is 0.263. The first-order valence-corrected chi connectivity index (χ1v) is 7.97. The Bertz CT molecular complexity index is 711. The monoisotopic (exact) mass is 325 g/mol. The van der Waals surface area contributed by atoms with Gasteiger partial charge in [-0.3, -0.25) is 9.59 Å². The maximum atomic E-state index is 12.3. The maximum absolute atomic E-state index is 12.3. The molecule has 24 heavy (non-hydrogen) atoms. The zero-order chi connectivity index (χ0) is 17.5. The number of benzene rings is 2. The van der Waals surface area contributed by atoms with Crippen molar-refractivity contribution >= 4 is 28.9 Å². The second-order valence-electron chi connectivity index (χ2n) is 5.66. The molecule has 0 aliphatic heterocycles. The number of likely N-dealkylation sites (N-methyl/N-ethyl adjacent to an activating group) is 1. The third-order valence-corrected chi connectivity index (χ3v) is 3.57. The fourth-order valence-electron chi connectivity index (χ4n) is 2.42. The molecule has 0 atom stereocenters. The van der Waals surface area contributed by atoms with Crippen LogP contribution in [0.3, 0.4) is 0 Å². The van der Waals surface area contributed by atoms with E-state index in [9.17, 15) is 9.59 Å². The van der Waals surface area contributed by atoms with Crippen LogP contribution in [-0.4, -0.2) is 24.9 Å². The SMILES string of the molecule is CCN(CC(=O)Nc1ccc(NC(C)=O)cc1)c1cccc(C)c1. The minimum absolute atomic E-state index is 0.0781. The van der Waals surface area contributed by atoms with Crippen LogP contribution in [0.5, 0.6) is 0 Å². The van der Waals surface area contributed by atoms with Crippen LogP contribution >= 0.6 is 0 Å². The number of nitrogens with zero attached hydrogens (tertiary/aromatic N) is 1. The lowest BCUT2D eigenvalue weighted by atomic mass is 10.2. The van der Waals surface area contributed by atoms with Crippen molar-refractivity contribution in [2.45, 2.75) is 20.8 Å². The number of carbonyl (C=O) groups is 2. The molecule has 2 N–H and O–H groups in total. The van der Waals surface area contributed by atoms with Gasteiger partial charge in [0.2, 0.25) is 11.8 Å². The van der Waals surface area contributed by atoms with Gasteiger partial charge in [-0.15, -0.1) is 0 Å². The molecule has 126 valence electrons. The van der Waals surface area contributed by atoms with Crippen LogP contribution in [0.15, 0.2) is 48.5 Å². The van der Waals surface area contributed by atoms with Crippen molar-refractivity contribution in [2.24, 2.45) is 0 Å². The average Bonchev–Trinajstić information content (AvgIpc) is 2.54. The van der Waals surface area contributed by atoms with Crippen molar-refractivity contribution in [1.29, 1.82) is 0 Å². The van der Waals surface area contributed by atoms with Crippen molar-refractivity contribution in [3.63, 3.8) is 0 Å². The number of hydrogen-bond acceptors (Lipinski definition) is 3. The van der Waals surface area contributed by atoms with Gasteiger partial charge in [-0.05, 0) is 55.8 Å². The van der Waals surface area contributed by atoms with Gasteiger partial charge in [-0.2, -0.15) is 0 Å². The molecule has 2 aromatic rings. The molecule has 0 fully saturated rings. The number of aryl methyl sites for hydroxylation is 1. The maximum Gasteiger partial charge on any atom is 0.243 e. The van der Waals surface area contributed by atoms with E-state index in [1.807, 2.05) is 36.9 Å². The molecular formula is C19H23N3O2. The lowest BCUT2D eigenvalue weighted by molar-refractivity contribution is -0.115. The summed E-state index contributed by atoms with van der Waals surface area (Å²) < 4.78 is 0. The quantitative estimate of drug-likeness (QED) is 0.855. The molecule has 0 unspecified atom stereocenters. The van der Waals surface area contributed by atoms with Crippen molar-refractivity contribution in [1.82, 2.24) is 0 Å². The molecule has 0 aromatic heterocycles. The van der Waals surface area contributed by atoms with Gasteiger partial charge >= 0.3 is 0 Å². The first-order valence-electron chi connectivity index (χ1n) is 7.97. The smallest absolute Gasteiger partial charge is 0.243 e. The largest absolute Gasteiger partial charge is 0.362 e. The van der Waals surface area contributed by atoms with E-state index >= 15 is 0 Å². The number of anilines is 3. The second-order valence-corrected chi connectivity index (χ2v) is 5.66. The van der Waals surface area contributed by atoms with Crippen LogP contribution in [0, 0.1) is 6.92 Å². The van der Waals surface area contributed by atoms with Gasteiger partial charge in [-0.25, -0.2) is 0 Å². The van der Waals surface area contributed by atoms with Gasteiger partial charge in [0.1, 0.15) is 0 Å². The van der Waals surface area contributed by atoms with E-state index in [2.05, 4.69) is 16.7 Å². The molecule has 2 amide bonds. The van der Waals surface area contributed by atoms with Crippen LogP contribution in [-0.2, 0) is 9.59 Å². The summed E-state index contributed by atoms with van der Waals surface area (Å²) in [5.41, 5.74) is 3.61. The third kappa shape index (κ3) is 5.12. The molecule has 0 saturated carbocycles. The topological polar surface area (TPSA) is 61.4 Å². The number of carbonyl (C=O) groups excluding carboxylic acids is 2. The summed E-state index contributed by atoms with van der Waals surface area (Å²) in [6, 6.07) is 15.2. The summed E-state index contributed by atoms with van der Waals surface area (Å²) in [5.74, 6) is -0.200. The molecule has 5 nitrogen and oxygen atoms in total. The van der Waals surface area contributed by atoms with E-state index in [-0.39, 0.29) is 18.4 Å². The summed E-state index contributed by atoms with van der Waals surface area (Å²) in [6.07, 6.45) is 0. The normalized spacial score (nSPS) is 10.1. The molecular weight excluding hydrogens is 302 g/mol. The number of amides is 2. The van der Waals surface area contributed by atoms with Gasteiger partial charge in [0.15, 0.2) is 0 Å². The molecule has 2 aromatic carbocycles. The molecule has 2 rings (SSSR count). The molecule has 0 saturated heterocycles. The highest BCUT2D eigenvalue weighted by Gasteiger charge is 2.10. The highest BCUT2D eigenvalue weighted by molar-refractivity contribution is 5.94. The Kier molecular flexibility index (Phi) is 5.95. The van der Waals surface area contributed by atoms with Gasteiger partial charge in [0.05, 0.1) is 6.54 Å². The predicted octanol–water partition coefficient (Wildman–Crippen LogP) is 3.42. The third-order valence-electron chi connectivity index (χ3n) is 3.57. The highest BCUT2D eigenvalue weighted by Crippen LogP contribution is 2.17. The number of nitrogens with one attached hydrogen (secondary N) is 2. The van der Waals surface area contributed by atoms with Crippen LogP contribution in [0.1, 0.15) is 19.4 Å². The minimum atomic E-state index is -0.122. The Morgan fingerprint density at radius 1 is 1.00 bits per heavy atom. The van der Waals surface area contributed by atoms with Crippen LogP contribution in [0.4, 0.5) is 17.1 Å². The van der Waals surface area contributed by atoms with E-state index in [1.54, 1.807) is 24.3 Å². The van der Waals surface area contributed by atoms with E-state index in [0.29, 0.717) is 11.4 Å². The summed E-state index contributed by atoms with van der Waals surface area (Å²) in [5, 5.41) is 5.57. The Morgan fingerprint density at radius 3 is 2.17 bits per heavy atom. The summed E-state index contributed by atoms with van der Waals surface area (Å²) in [6.45, 7) is 6.55. The summed E-state index contributed by atoms with van der Waals surface area (Å²) in [4.78, 5) is 25.3. The minimum Gasteiger partial charge on any atom is -0.362 e. The molecule has 0 heterocycles. The Morgan fingerprint density at radius 2 is 1.62 bits per heavy atom.